The van der Waals surface area contributed by atoms with Crippen molar-refractivity contribution >= 4 is 28.5 Å². The van der Waals surface area contributed by atoms with Gasteiger partial charge < -0.3 is 15.4 Å². The Kier molecular flexibility index (Phi) is 11.1. The van der Waals surface area contributed by atoms with Crippen molar-refractivity contribution in [1.82, 2.24) is 14.9 Å². The van der Waals surface area contributed by atoms with Gasteiger partial charge in [0.2, 0.25) is 5.91 Å². The zero-order valence-electron chi connectivity index (χ0n) is 21.8. The van der Waals surface area contributed by atoms with Crippen LogP contribution in [0.15, 0.2) is 24.3 Å². The van der Waals surface area contributed by atoms with Crippen molar-refractivity contribution in [3.63, 3.8) is 0 Å². The second-order valence-electron chi connectivity index (χ2n) is 10.8. The number of rotatable bonds is 11. The molecule has 1 aliphatic carbocycles. The highest BCUT2D eigenvalue weighted by atomic mass is 35.5. The molecule has 1 saturated carbocycles. The molecule has 3 fully saturated rings. The molecular weight excluding hydrogens is 494 g/mol. The first-order chi connectivity index (χ1) is 17.5. The smallest absolute Gasteiger partial charge is 0.220 e. The first kappa shape index (κ1) is 28.0. The molecule has 5 atom stereocenters. The zero-order valence-corrected chi connectivity index (χ0v) is 23.3. The van der Waals surface area contributed by atoms with Crippen molar-refractivity contribution in [2.75, 3.05) is 38.6 Å². The minimum atomic E-state index is -0.880. The van der Waals surface area contributed by atoms with Crippen LogP contribution < -0.4 is 10.6 Å². The summed E-state index contributed by atoms with van der Waals surface area (Å²) in [6.45, 7) is 6.33. The normalized spacial score (nSPS) is 27.6. The van der Waals surface area contributed by atoms with Gasteiger partial charge >= 0.3 is 0 Å². The monoisotopic (exact) mass is 537 g/mol. The second-order valence-corrected chi connectivity index (χ2v) is 12.7. The van der Waals surface area contributed by atoms with E-state index in [9.17, 15) is 9.00 Å². The van der Waals surface area contributed by atoms with Crippen LogP contribution in [-0.2, 0) is 20.5 Å². The van der Waals surface area contributed by atoms with E-state index in [1.807, 2.05) is 12.1 Å². The Morgan fingerprint density at radius 1 is 1.19 bits per heavy atom. The molecule has 2 N–H and O–H groups in total. The van der Waals surface area contributed by atoms with Gasteiger partial charge in [-0.15, -0.1) is 0 Å². The van der Waals surface area contributed by atoms with E-state index in [1.165, 1.54) is 18.4 Å². The summed E-state index contributed by atoms with van der Waals surface area (Å²) in [5, 5.41) is 7.66. The van der Waals surface area contributed by atoms with Crippen molar-refractivity contribution < 1.29 is 13.7 Å². The van der Waals surface area contributed by atoms with Gasteiger partial charge in [-0.3, -0.25) is 4.79 Å². The van der Waals surface area contributed by atoms with Gasteiger partial charge in [0.05, 0.1) is 11.0 Å². The predicted molar refractivity (Wildman–Crippen MR) is 148 cm³/mol. The molecule has 6 nitrogen and oxygen atoms in total. The number of nitrogens with one attached hydrogen (secondary N) is 2. The Labute approximate surface area is 224 Å². The van der Waals surface area contributed by atoms with Crippen molar-refractivity contribution in [3.05, 3.63) is 34.9 Å². The van der Waals surface area contributed by atoms with E-state index in [2.05, 4.69) is 34.0 Å². The summed E-state index contributed by atoms with van der Waals surface area (Å²) < 4.78 is 20.5. The molecule has 0 radical (unpaired) electrons. The van der Waals surface area contributed by atoms with E-state index in [4.69, 9.17) is 16.3 Å². The highest BCUT2D eigenvalue weighted by molar-refractivity contribution is 7.82. The average molecular weight is 538 g/mol. The van der Waals surface area contributed by atoms with Crippen LogP contribution in [0, 0.1) is 11.8 Å². The summed E-state index contributed by atoms with van der Waals surface area (Å²) in [6.07, 6.45) is 8.99. The lowest BCUT2D eigenvalue weighted by atomic mass is 9.79. The molecule has 0 spiro atoms. The third-order valence-electron chi connectivity index (χ3n) is 8.35. The maximum atomic E-state index is 13.3. The van der Waals surface area contributed by atoms with Crippen LogP contribution in [-0.4, -0.2) is 65.1 Å². The molecule has 0 bridgehead atoms. The molecular formula is C28H44ClN3O3S. The van der Waals surface area contributed by atoms with Crippen LogP contribution in [0.5, 0.6) is 0 Å². The minimum absolute atomic E-state index is 0.170. The second kappa shape index (κ2) is 14.2. The van der Waals surface area contributed by atoms with Gasteiger partial charge in [-0.1, -0.05) is 37.1 Å². The van der Waals surface area contributed by atoms with Crippen LogP contribution in [0.4, 0.5) is 0 Å². The molecule has 2 saturated heterocycles. The highest BCUT2D eigenvalue weighted by Gasteiger charge is 2.33. The molecule has 8 heteroatoms. The van der Waals surface area contributed by atoms with Gasteiger partial charge in [-0.05, 0) is 80.4 Å². The predicted octanol–water partition coefficient (Wildman–Crippen LogP) is 4.65. The third-order valence-corrected chi connectivity index (χ3v) is 10.4. The van der Waals surface area contributed by atoms with E-state index < -0.39 is 11.0 Å². The van der Waals surface area contributed by atoms with E-state index in [0.29, 0.717) is 24.3 Å². The number of halogens is 1. The number of amides is 1. The standard InChI is InChI=1S/C28H44ClN3O3S/c1-2-18-36(34)32-15-14-30-20-25(32)11-8-23-4-3-5-27(23)31-28(33)19-26(22-12-16-35-17-13-22)21-6-9-24(29)10-7-21/h6-7,9-10,22-23,25-27,30H,2-5,8,11-20H2,1H3,(H,31,33)/t23-,25+,26?,27?,36?/m1/s1. The molecule has 3 unspecified atom stereocenters. The summed E-state index contributed by atoms with van der Waals surface area (Å²) in [5.74, 6) is 2.08. The summed E-state index contributed by atoms with van der Waals surface area (Å²) in [6, 6.07) is 8.62. The number of ether oxygens (including phenoxy) is 1. The molecule has 2 aliphatic heterocycles. The Balaban J connectivity index is 1.33. The van der Waals surface area contributed by atoms with Crippen LogP contribution in [0.25, 0.3) is 0 Å². The van der Waals surface area contributed by atoms with Crippen LogP contribution in [0.2, 0.25) is 5.02 Å². The molecule has 4 rings (SSSR count). The number of carbonyl (C=O) groups is 1. The fourth-order valence-corrected chi connectivity index (χ4v) is 7.89. The SMILES string of the molecule is CCCS(=O)N1CCNC[C@@H]1CC[C@H]1CCCC1NC(=O)CC(c1ccc(Cl)cc1)C1CCOCC1. The summed E-state index contributed by atoms with van der Waals surface area (Å²) in [5.41, 5.74) is 1.20. The molecule has 1 aromatic rings. The fraction of sp³-hybridized carbons (Fsp3) is 0.750. The number of hydrogen-bond acceptors (Lipinski definition) is 4. The lowest BCUT2D eigenvalue weighted by Crippen LogP contribution is -2.52. The number of carbonyl (C=O) groups excluding carboxylic acids is 1. The number of hydrogen-bond donors (Lipinski definition) is 2. The van der Waals surface area contributed by atoms with Gasteiger partial charge in [0.1, 0.15) is 0 Å². The van der Waals surface area contributed by atoms with Gasteiger partial charge in [0.25, 0.3) is 0 Å². The van der Waals surface area contributed by atoms with Gasteiger partial charge in [0.15, 0.2) is 0 Å². The van der Waals surface area contributed by atoms with Gasteiger partial charge in [-0.2, -0.15) is 0 Å². The quantitative estimate of drug-likeness (QED) is 0.431. The van der Waals surface area contributed by atoms with Gasteiger partial charge in [0, 0.05) is 62.1 Å². The summed E-state index contributed by atoms with van der Waals surface area (Å²) in [7, 11) is -0.880. The average Bonchev–Trinajstić information content (AvgIpc) is 3.34. The van der Waals surface area contributed by atoms with Crippen LogP contribution in [0.1, 0.15) is 76.2 Å². The lowest BCUT2D eigenvalue weighted by molar-refractivity contribution is -0.123. The highest BCUT2D eigenvalue weighted by Crippen LogP contribution is 2.36. The fourth-order valence-electron chi connectivity index (χ4n) is 6.38. The lowest BCUT2D eigenvalue weighted by Gasteiger charge is -2.36. The van der Waals surface area contributed by atoms with E-state index in [0.717, 1.165) is 82.1 Å². The number of piperazine rings is 1. The maximum Gasteiger partial charge on any atom is 0.220 e. The molecule has 3 aliphatic rings. The first-order valence-electron chi connectivity index (χ1n) is 14.0. The van der Waals surface area contributed by atoms with E-state index in [-0.39, 0.29) is 17.9 Å². The van der Waals surface area contributed by atoms with Crippen molar-refractivity contribution in [3.8, 4) is 0 Å². The zero-order chi connectivity index (χ0) is 25.3. The Morgan fingerprint density at radius 3 is 2.72 bits per heavy atom. The Bertz CT molecular complexity index is 849. The Hall–Kier alpha value is -0.990. The summed E-state index contributed by atoms with van der Waals surface area (Å²) >= 11 is 6.14. The molecule has 2 heterocycles. The molecule has 1 amide bonds. The van der Waals surface area contributed by atoms with E-state index >= 15 is 0 Å². The largest absolute Gasteiger partial charge is 0.381 e. The molecule has 1 aromatic carbocycles. The number of benzene rings is 1. The third kappa shape index (κ3) is 7.76. The van der Waals surface area contributed by atoms with Crippen molar-refractivity contribution in [2.24, 2.45) is 11.8 Å². The van der Waals surface area contributed by atoms with Crippen molar-refractivity contribution in [2.45, 2.75) is 82.7 Å². The van der Waals surface area contributed by atoms with Crippen molar-refractivity contribution in [1.29, 1.82) is 0 Å². The minimum Gasteiger partial charge on any atom is -0.381 e. The van der Waals surface area contributed by atoms with E-state index in [1.54, 1.807) is 0 Å². The topological polar surface area (TPSA) is 70.7 Å². The van der Waals surface area contributed by atoms with Gasteiger partial charge in [-0.25, -0.2) is 8.51 Å². The number of nitrogens with zero attached hydrogens (tertiary/aromatic N) is 1. The molecule has 202 valence electrons. The molecule has 0 aromatic heterocycles. The summed E-state index contributed by atoms with van der Waals surface area (Å²) in [4.78, 5) is 13.3. The Morgan fingerprint density at radius 2 is 1.97 bits per heavy atom. The first-order valence-corrected chi connectivity index (χ1v) is 15.7. The van der Waals surface area contributed by atoms with Crippen LogP contribution >= 0.6 is 11.6 Å². The van der Waals surface area contributed by atoms with Crippen LogP contribution in [0.3, 0.4) is 0 Å². The maximum absolute atomic E-state index is 13.3. The molecule has 36 heavy (non-hydrogen) atoms.